The number of rotatable bonds is 6. The number of hydrogen-bond donors (Lipinski definition) is 1. The van der Waals surface area contributed by atoms with Gasteiger partial charge in [-0.1, -0.05) is 30.3 Å². The van der Waals surface area contributed by atoms with Gasteiger partial charge in [-0.15, -0.1) is 0 Å². The van der Waals surface area contributed by atoms with E-state index >= 15 is 0 Å². The summed E-state index contributed by atoms with van der Waals surface area (Å²) in [5.41, 5.74) is 3.35. The predicted octanol–water partition coefficient (Wildman–Crippen LogP) is 4.04. The van der Waals surface area contributed by atoms with Crippen molar-refractivity contribution in [2.45, 2.75) is 26.8 Å². The van der Waals surface area contributed by atoms with E-state index in [-0.39, 0.29) is 24.9 Å². The summed E-state index contributed by atoms with van der Waals surface area (Å²) in [6.45, 7) is 5.17. The topological polar surface area (TPSA) is 85.7 Å². The van der Waals surface area contributed by atoms with Crippen molar-refractivity contribution in [2.75, 3.05) is 25.1 Å². The van der Waals surface area contributed by atoms with Crippen molar-refractivity contribution in [3.05, 3.63) is 71.5 Å². The summed E-state index contributed by atoms with van der Waals surface area (Å²) in [6.07, 6.45) is 0.567. The molecule has 0 atom stereocenters. The number of esters is 1. The number of urea groups is 1. The van der Waals surface area contributed by atoms with Crippen molar-refractivity contribution in [1.82, 2.24) is 14.7 Å². The van der Waals surface area contributed by atoms with Crippen molar-refractivity contribution in [1.29, 1.82) is 0 Å². The highest BCUT2D eigenvalue weighted by atomic mass is 16.5. The normalized spacial score (nSPS) is 12.8. The van der Waals surface area contributed by atoms with E-state index in [0.29, 0.717) is 36.6 Å². The summed E-state index contributed by atoms with van der Waals surface area (Å²) < 4.78 is 12.6. The van der Waals surface area contributed by atoms with Crippen molar-refractivity contribution < 1.29 is 19.1 Å². The first-order valence-corrected chi connectivity index (χ1v) is 10.7. The zero-order valence-corrected chi connectivity index (χ0v) is 18.2. The van der Waals surface area contributed by atoms with Crippen LogP contribution < -0.4 is 10.1 Å². The van der Waals surface area contributed by atoms with Crippen LogP contribution in [0, 0.1) is 0 Å². The summed E-state index contributed by atoms with van der Waals surface area (Å²) in [6, 6.07) is 16.7. The molecule has 0 unspecified atom stereocenters. The molecule has 0 fully saturated rings. The van der Waals surface area contributed by atoms with Gasteiger partial charge in [0.25, 0.3) is 0 Å². The fourth-order valence-electron chi connectivity index (χ4n) is 3.78. The molecule has 8 heteroatoms. The summed E-state index contributed by atoms with van der Waals surface area (Å²) >= 11 is 0. The van der Waals surface area contributed by atoms with Gasteiger partial charge in [0.15, 0.2) is 5.69 Å². The third-order valence-electron chi connectivity index (χ3n) is 5.24. The third kappa shape index (κ3) is 4.30. The quantitative estimate of drug-likeness (QED) is 0.592. The van der Waals surface area contributed by atoms with E-state index in [1.807, 2.05) is 55.5 Å². The zero-order valence-electron chi connectivity index (χ0n) is 18.2. The molecule has 1 aromatic heterocycles. The molecule has 1 aliphatic rings. The predicted molar refractivity (Wildman–Crippen MR) is 120 cm³/mol. The molecule has 4 rings (SSSR count). The molecular weight excluding hydrogens is 408 g/mol. The van der Waals surface area contributed by atoms with Crippen LogP contribution in [0.5, 0.6) is 5.75 Å². The van der Waals surface area contributed by atoms with Crippen LogP contribution in [0.3, 0.4) is 0 Å². The van der Waals surface area contributed by atoms with Crippen molar-refractivity contribution in [2.24, 2.45) is 0 Å². The highest BCUT2D eigenvalue weighted by Gasteiger charge is 2.31. The Morgan fingerprint density at radius 2 is 1.78 bits per heavy atom. The maximum absolute atomic E-state index is 13.0. The average Bonchev–Trinajstić information content (AvgIpc) is 3.20. The van der Waals surface area contributed by atoms with Crippen LogP contribution in [0.1, 0.15) is 35.6 Å². The number of anilines is 1. The second-order valence-corrected chi connectivity index (χ2v) is 7.27. The van der Waals surface area contributed by atoms with Gasteiger partial charge < -0.3 is 19.7 Å². The van der Waals surface area contributed by atoms with Crippen LogP contribution in [0.2, 0.25) is 0 Å². The largest absolute Gasteiger partial charge is 0.492 e. The van der Waals surface area contributed by atoms with Gasteiger partial charge >= 0.3 is 12.0 Å². The Kier molecular flexibility index (Phi) is 6.39. The summed E-state index contributed by atoms with van der Waals surface area (Å²) in [4.78, 5) is 27.3. The van der Waals surface area contributed by atoms with E-state index in [2.05, 4.69) is 10.4 Å². The molecule has 0 spiro atoms. The van der Waals surface area contributed by atoms with Gasteiger partial charge in [-0.05, 0) is 38.1 Å². The van der Waals surface area contributed by atoms with Crippen LogP contribution in [0.15, 0.2) is 54.6 Å². The maximum Gasteiger partial charge on any atom is 0.359 e. The average molecular weight is 434 g/mol. The lowest BCUT2D eigenvalue weighted by Gasteiger charge is -2.28. The lowest BCUT2D eigenvalue weighted by atomic mass is 10.0. The first-order valence-electron chi connectivity index (χ1n) is 10.7. The van der Waals surface area contributed by atoms with Gasteiger partial charge in [0.1, 0.15) is 5.75 Å². The van der Waals surface area contributed by atoms with Gasteiger partial charge in [-0.3, -0.25) is 0 Å². The fraction of sp³-hybridized carbons (Fsp3) is 0.292. The van der Waals surface area contributed by atoms with E-state index < -0.39 is 5.97 Å². The Labute approximate surface area is 186 Å². The lowest BCUT2D eigenvalue weighted by molar-refractivity contribution is 0.0516. The van der Waals surface area contributed by atoms with Gasteiger partial charge in [-0.2, -0.15) is 5.10 Å². The monoisotopic (exact) mass is 434 g/mol. The zero-order chi connectivity index (χ0) is 22.5. The number of nitrogens with one attached hydrogen (secondary N) is 1. The molecule has 0 aliphatic carbocycles. The number of fused-ring (bicyclic) bond motifs is 1. The molecular formula is C24H26N4O4. The Morgan fingerprint density at radius 3 is 2.53 bits per heavy atom. The molecule has 1 aliphatic heterocycles. The third-order valence-corrected chi connectivity index (χ3v) is 5.24. The number of carbonyl (C=O) groups is 2. The van der Waals surface area contributed by atoms with Crippen LogP contribution in [0.25, 0.3) is 5.69 Å². The minimum Gasteiger partial charge on any atom is -0.492 e. The number of carbonyl (C=O) groups excluding carboxylic acids is 2. The Morgan fingerprint density at radius 1 is 1.03 bits per heavy atom. The van der Waals surface area contributed by atoms with Gasteiger partial charge in [0, 0.05) is 18.5 Å². The Hall–Kier alpha value is -3.81. The molecule has 2 amide bonds. The second kappa shape index (κ2) is 9.55. The summed E-state index contributed by atoms with van der Waals surface area (Å²) in [5, 5.41) is 7.49. The van der Waals surface area contributed by atoms with Crippen LogP contribution >= 0.6 is 0 Å². The highest BCUT2D eigenvalue weighted by molar-refractivity contribution is 5.92. The molecule has 166 valence electrons. The number of amides is 2. The Bertz CT molecular complexity index is 1110. The Balaban J connectivity index is 1.62. The second-order valence-electron chi connectivity index (χ2n) is 7.27. The van der Waals surface area contributed by atoms with E-state index in [1.54, 1.807) is 22.6 Å². The van der Waals surface area contributed by atoms with E-state index in [9.17, 15) is 9.59 Å². The van der Waals surface area contributed by atoms with Crippen molar-refractivity contribution in [3.63, 3.8) is 0 Å². The summed E-state index contributed by atoms with van der Waals surface area (Å²) in [5.74, 6) is 0.132. The van der Waals surface area contributed by atoms with E-state index in [4.69, 9.17) is 9.47 Å². The van der Waals surface area contributed by atoms with E-state index in [1.165, 1.54) is 0 Å². The number of nitrogens with zero attached hydrogens (tertiary/aromatic N) is 3. The molecule has 0 saturated heterocycles. The highest BCUT2D eigenvalue weighted by Crippen LogP contribution is 2.28. The fourth-order valence-corrected chi connectivity index (χ4v) is 3.78. The first kappa shape index (κ1) is 21.4. The van der Waals surface area contributed by atoms with Crippen molar-refractivity contribution >= 4 is 17.7 Å². The molecule has 0 saturated carbocycles. The lowest BCUT2D eigenvalue weighted by Crippen LogP contribution is -2.39. The van der Waals surface area contributed by atoms with Crippen LogP contribution in [-0.2, 0) is 17.7 Å². The molecule has 32 heavy (non-hydrogen) atoms. The summed E-state index contributed by atoms with van der Waals surface area (Å²) in [7, 11) is 0. The SMILES string of the molecule is CCOC(=O)c1nn(-c2ccccc2)c2c1CN(C(=O)Nc1ccccc1OCC)CC2. The number of ether oxygens (including phenoxy) is 2. The minimum atomic E-state index is -0.484. The number of aromatic nitrogens is 2. The maximum atomic E-state index is 13.0. The molecule has 1 N–H and O–H groups in total. The smallest absolute Gasteiger partial charge is 0.359 e. The van der Waals surface area contributed by atoms with Gasteiger partial charge in [0.05, 0.1) is 36.8 Å². The van der Waals surface area contributed by atoms with Crippen LogP contribution in [0.4, 0.5) is 10.5 Å². The molecule has 8 nitrogen and oxygen atoms in total. The molecule has 0 bridgehead atoms. The molecule has 3 aromatic rings. The van der Waals surface area contributed by atoms with Crippen molar-refractivity contribution in [3.8, 4) is 11.4 Å². The van der Waals surface area contributed by atoms with E-state index in [0.717, 1.165) is 11.4 Å². The molecule has 0 radical (unpaired) electrons. The standard InChI is InChI=1S/C24H26N4O4/c1-3-31-21-13-9-8-12-19(21)25-24(30)27-15-14-20-18(16-27)22(23(29)32-4-2)26-28(20)17-10-6-5-7-11-17/h5-13H,3-4,14-16H2,1-2H3,(H,25,30). The molecule has 2 aromatic carbocycles. The van der Waals surface area contributed by atoms with Gasteiger partial charge in [0.2, 0.25) is 0 Å². The molecule has 2 heterocycles. The van der Waals surface area contributed by atoms with Crippen LogP contribution in [-0.4, -0.2) is 46.4 Å². The first-order chi connectivity index (χ1) is 15.6. The number of hydrogen-bond acceptors (Lipinski definition) is 5. The van der Waals surface area contributed by atoms with Gasteiger partial charge in [-0.25, -0.2) is 14.3 Å². The number of para-hydroxylation sites is 3. The number of benzene rings is 2. The minimum absolute atomic E-state index is 0.248.